The van der Waals surface area contributed by atoms with Crippen molar-refractivity contribution in [1.29, 1.82) is 0 Å². The van der Waals surface area contributed by atoms with Crippen LogP contribution >= 0.6 is 0 Å². The standard InChI is InChI=1S/C32H45N3O4/c1-25(2)35-22-23-39-29-14-6-5-10-26(29)11-7-8-16-32(31(35)37)17-20-34(21-18-32)30(36)15-19-33(3)27-12-9-13-28(24-27)38-4/h5-6,9-10,12-14,24-25H,7-8,11,15-23H2,1-4H3. The van der Waals surface area contributed by atoms with Crippen molar-refractivity contribution in [3.05, 3.63) is 54.1 Å². The molecule has 212 valence electrons. The normalized spacial score (nSPS) is 18.1. The lowest BCUT2D eigenvalue weighted by atomic mass is 9.72. The van der Waals surface area contributed by atoms with Crippen LogP contribution in [0.2, 0.25) is 0 Å². The Balaban J connectivity index is 1.39. The summed E-state index contributed by atoms with van der Waals surface area (Å²) >= 11 is 0. The number of methoxy groups -OCH3 is 1. The average Bonchev–Trinajstić information content (AvgIpc) is 2.96. The van der Waals surface area contributed by atoms with Crippen LogP contribution in [0.5, 0.6) is 11.5 Å². The van der Waals surface area contributed by atoms with Crippen LogP contribution in [0.15, 0.2) is 48.5 Å². The van der Waals surface area contributed by atoms with E-state index in [4.69, 9.17) is 9.47 Å². The van der Waals surface area contributed by atoms with E-state index in [0.29, 0.717) is 39.2 Å². The van der Waals surface area contributed by atoms with Crippen molar-refractivity contribution < 1.29 is 19.1 Å². The maximum atomic E-state index is 14.1. The number of carbonyl (C=O) groups is 2. The van der Waals surface area contributed by atoms with Gasteiger partial charge in [-0.3, -0.25) is 9.59 Å². The van der Waals surface area contributed by atoms with Crippen LogP contribution < -0.4 is 14.4 Å². The van der Waals surface area contributed by atoms with Crippen LogP contribution in [0, 0.1) is 5.41 Å². The Morgan fingerprint density at radius 3 is 2.56 bits per heavy atom. The minimum atomic E-state index is -0.406. The number of carbonyl (C=O) groups excluding carboxylic acids is 2. The SMILES string of the molecule is COc1cccc(N(C)CCC(=O)N2CCC3(CCCCc4ccccc4OCCN(C(C)C)C3=O)CC2)c1. The Morgan fingerprint density at radius 2 is 1.82 bits per heavy atom. The van der Waals surface area contributed by atoms with Gasteiger partial charge in [0.1, 0.15) is 18.1 Å². The molecule has 2 aromatic carbocycles. The van der Waals surface area contributed by atoms with Gasteiger partial charge in [-0.15, -0.1) is 0 Å². The molecule has 2 amide bonds. The zero-order valence-electron chi connectivity index (χ0n) is 24.2. The number of fused-ring (bicyclic) bond motifs is 1. The van der Waals surface area contributed by atoms with Gasteiger partial charge in [0.25, 0.3) is 0 Å². The predicted octanol–water partition coefficient (Wildman–Crippen LogP) is 5.17. The number of amides is 2. The summed E-state index contributed by atoms with van der Waals surface area (Å²) in [7, 11) is 3.66. The van der Waals surface area contributed by atoms with E-state index in [0.717, 1.165) is 55.7 Å². The molecular weight excluding hydrogens is 490 g/mol. The Labute approximate surface area is 234 Å². The molecule has 0 aliphatic carbocycles. The molecule has 0 radical (unpaired) electrons. The van der Waals surface area contributed by atoms with Gasteiger partial charge in [0, 0.05) is 50.9 Å². The van der Waals surface area contributed by atoms with E-state index in [1.807, 2.05) is 53.2 Å². The smallest absolute Gasteiger partial charge is 0.229 e. The van der Waals surface area contributed by atoms with Gasteiger partial charge in [-0.1, -0.05) is 30.7 Å². The fourth-order valence-corrected chi connectivity index (χ4v) is 5.94. The minimum absolute atomic E-state index is 0.1000. The van der Waals surface area contributed by atoms with E-state index in [1.165, 1.54) is 5.56 Å². The molecule has 2 aliphatic heterocycles. The monoisotopic (exact) mass is 535 g/mol. The zero-order chi connectivity index (χ0) is 27.8. The van der Waals surface area contributed by atoms with Crippen molar-refractivity contribution in [3.63, 3.8) is 0 Å². The molecular formula is C32H45N3O4. The van der Waals surface area contributed by atoms with Crippen molar-refractivity contribution in [3.8, 4) is 11.5 Å². The number of hydrogen-bond donors (Lipinski definition) is 0. The number of hydrogen-bond acceptors (Lipinski definition) is 5. The van der Waals surface area contributed by atoms with Crippen LogP contribution in [0.1, 0.15) is 57.9 Å². The molecule has 0 atom stereocenters. The number of rotatable bonds is 6. The third-order valence-corrected chi connectivity index (χ3v) is 8.48. The summed E-state index contributed by atoms with van der Waals surface area (Å²) < 4.78 is 11.5. The number of piperidine rings is 1. The number of aryl methyl sites for hydroxylation is 1. The Morgan fingerprint density at radius 1 is 1.05 bits per heavy atom. The highest BCUT2D eigenvalue weighted by Gasteiger charge is 2.44. The minimum Gasteiger partial charge on any atom is -0.497 e. The number of ether oxygens (including phenoxy) is 2. The Kier molecular flexibility index (Phi) is 9.76. The van der Waals surface area contributed by atoms with Gasteiger partial charge in [0.05, 0.1) is 19.1 Å². The summed E-state index contributed by atoms with van der Waals surface area (Å²) in [5.74, 6) is 2.14. The lowest BCUT2D eigenvalue weighted by molar-refractivity contribution is -0.151. The Hall–Kier alpha value is -3.22. The van der Waals surface area contributed by atoms with Crippen molar-refractivity contribution in [2.75, 3.05) is 51.8 Å². The lowest BCUT2D eigenvalue weighted by Crippen LogP contribution is -2.54. The first-order valence-corrected chi connectivity index (χ1v) is 14.5. The number of likely N-dealkylation sites (tertiary alicyclic amines) is 1. The molecule has 7 nitrogen and oxygen atoms in total. The predicted molar refractivity (Wildman–Crippen MR) is 155 cm³/mol. The first-order valence-electron chi connectivity index (χ1n) is 14.5. The van der Waals surface area contributed by atoms with E-state index in [-0.39, 0.29) is 17.9 Å². The second-order valence-electron chi connectivity index (χ2n) is 11.3. The number of para-hydroxylation sites is 1. The molecule has 0 aromatic heterocycles. The summed E-state index contributed by atoms with van der Waals surface area (Å²) in [6.45, 7) is 7.15. The number of benzene rings is 2. The fraction of sp³-hybridized carbons (Fsp3) is 0.562. The van der Waals surface area contributed by atoms with Crippen LogP contribution in [0.4, 0.5) is 5.69 Å². The van der Waals surface area contributed by atoms with E-state index < -0.39 is 5.41 Å². The largest absolute Gasteiger partial charge is 0.497 e. The number of nitrogens with zero attached hydrogens (tertiary/aromatic N) is 3. The molecule has 0 N–H and O–H groups in total. The van der Waals surface area contributed by atoms with Gasteiger partial charge in [-0.25, -0.2) is 0 Å². The molecule has 2 aromatic rings. The topological polar surface area (TPSA) is 62.3 Å². The zero-order valence-corrected chi connectivity index (χ0v) is 24.2. The van der Waals surface area contributed by atoms with Crippen LogP contribution in [0.3, 0.4) is 0 Å². The quantitative estimate of drug-likeness (QED) is 0.511. The van der Waals surface area contributed by atoms with Gasteiger partial charge >= 0.3 is 0 Å². The molecule has 4 rings (SSSR count). The molecule has 2 heterocycles. The summed E-state index contributed by atoms with van der Waals surface area (Å²) in [5.41, 5.74) is 1.87. The first-order chi connectivity index (χ1) is 18.8. The van der Waals surface area contributed by atoms with Crippen LogP contribution in [-0.2, 0) is 16.0 Å². The van der Waals surface area contributed by atoms with Crippen molar-refractivity contribution in [2.45, 2.75) is 64.8 Å². The highest BCUT2D eigenvalue weighted by atomic mass is 16.5. The van der Waals surface area contributed by atoms with E-state index >= 15 is 0 Å². The van der Waals surface area contributed by atoms with Crippen molar-refractivity contribution in [1.82, 2.24) is 9.80 Å². The fourth-order valence-electron chi connectivity index (χ4n) is 5.94. The molecule has 7 heteroatoms. The third kappa shape index (κ3) is 7.06. The molecule has 0 unspecified atom stereocenters. The summed E-state index contributed by atoms with van der Waals surface area (Å²) in [6.07, 6.45) is 5.75. The summed E-state index contributed by atoms with van der Waals surface area (Å²) in [6, 6.07) is 16.2. The highest BCUT2D eigenvalue weighted by Crippen LogP contribution is 2.40. The maximum absolute atomic E-state index is 14.1. The van der Waals surface area contributed by atoms with Crippen molar-refractivity contribution in [2.24, 2.45) is 5.41 Å². The number of anilines is 1. The molecule has 0 bridgehead atoms. The summed E-state index contributed by atoms with van der Waals surface area (Å²) in [4.78, 5) is 33.3. The van der Waals surface area contributed by atoms with E-state index in [9.17, 15) is 9.59 Å². The highest BCUT2D eigenvalue weighted by molar-refractivity contribution is 5.84. The molecule has 0 saturated carbocycles. The van der Waals surface area contributed by atoms with Crippen LogP contribution in [-0.4, -0.2) is 74.6 Å². The van der Waals surface area contributed by atoms with E-state index in [1.54, 1.807) is 7.11 Å². The van der Waals surface area contributed by atoms with E-state index in [2.05, 4.69) is 30.9 Å². The second-order valence-corrected chi connectivity index (χ2v) is 11.3. The van der Waals surface area contributed by atoms with Gasteiger partial charge in [0.2, 0.25) is 11.8 Å². The molecule has 1 spiro atoms. The van der Waals surface area contributed by atoms with Gasteiger partial charge in [0.15, 0.2) is 0 Å². The van der Waals surface area contributed by atoms with Crippen molar-refractivity contribution >= 4 is 17.5 Å². The molecule has 2 aliphatic rings. The maximum Gasteiger partial charge on any atom is 0.229 e. The van der Waals surface area contributed by atoms with Gasteiger partial charge in [-0.05, 0) is 69.7 Å². The second kappa shape index (κ2) is 13.2. The molecule has 39 heavy (non-hydrogen) atoms. The first kappa shape index (κ1) is 28.8. The average molecular weight is 536 g/mol. The van der Waals surface area contributed by atoms with Crippen LogP contribution in [0.25, 0.3) is 0 Å². The third-order valence-electron chi connectivity index (χ3n) is 8.48. The molecule has 1 saturated heterocycles. The lowest BCUT2D eigenvalue weighted by Gasteiger charge is -2.44. The van der Waals surface area contributed by atoms with Gasteiger partial charge in [-0.2, -0.15) is 0 Å². The molecule has 1 fully saturated rings. The summed E-state index contributed by atoms with van der Waals surface area (Å²) in [5, 5.41) is 0. The Bertz CT molecular complexity index is 1110. The van der Waals surface area contributed by atoms with Gasteiger partial charge < -0.3 is 24.2 Å².